The van der Waals surface area contributed by atoms with Crippen molar-refractivity contribution < 1.29 is 19.5 Å². The first kappa shape index (κ1) is 12.9. The second kappa shape index (κ2) is 4.96. The molecule has 1 N–H and O–H groups in total. The van der Waals surface area contributed by atoms with Gasteiger partial charge in [0.25, 0.3) is 0 Å². The van der Waals surface area contributed by atoms with E-state index in [0.717, 1.165) is 6.42 Å². The van der Waals surface area contributed by atoms with Crippen molar-refractivity contribution in [3.63, 3.8) is 0 Å². The number of aliphatic carboxylic acids is 1. The molecule has 2 amide bonds. The maximum Gasteiger partial charge on any atom is 0.326 e. The molecule has 2 atom stereocenters. The summed E-state index contributed by atoms with van der Waals surface area (Å²) in [5.74, 6) is -1.49. The molecule has 0 radical (unpaired) electrons. The highest BCUT2D eigenvalue weighted by atomic mass is 16.4. The molecule has 2 aliphatic rings. The minimum absolute atomic E-state index is 0.0364. The fourth-order valence-corrected chi connectivity index (χ4v) is 2.68. The first-order valence-electron chi connectivity index (χ1n) is 6.28. The first-order chi connectivity index (χ1) is 8.50. The summed E-state index contributed by atoms with van der Waals surface area (Å²) in [5, 5.41) is 9.06. The fraction of sp³-hybridized carbons (Fsp3) is 0.750. The van der Waals surface area contributed by atoms with Gasteiger partial charge in [0.1, 0.15) is 6.04 Å². The van der Waals surface area contributed by atoms with Crippen molar-refractivity contribution in [2.24, 2.45) is 5.92 Å². The predicted octanol–water partition coefficient (Wildman–Crippen LogP) is -0.0696. The van der Waals surface area contributed by atoms with Gasteiger partial charge in [-0.1, -0.05) is 0 Å². The van der Waals surface area contributed by atoms with Gasteiger partial charge in [0, 0.05) is 32.5 Å². The lowest BCUT2D eigenvalue weighted by atomic mass is 9.94. The van der Waals surface area contributed by atoms with Crippen molar-refractivity contribution in [1.29, 1.82) is 0 Å². The quantitative estimate of drug-likeness (QED) is 0.748. The lowest BCUT2D eigenvalue weighted by Gasteiger charge is -2.32. The smallest absolute Gasteiger partial charge is 0.326 e. The summed E-state index contributed by atoms with van der Waals surface area (Å²) in [4.78, 5) is 37.9. The standard InChI is InChI=1S/C12H18N2O4/c1-13-6-4-8(7-10(13)15)11(16)14-5-2-3-9(14)12(17)18/h8-9H,2-7H2,1H3,(H,17,18)/t8?,9-/m0/s1. The number of amides is 2. The molecular formula is C12H18N2O4. The SMILES string of the molecule is CN1CCC(C(=O)N2CCC[C@H]2C(=O)O)CC1=O. The van der Waals surface area contributed by atoms with Crippen molar-refractivity contribution in [3.05, 3.63) is 0 Å². The number of rotatable bonds is 2. The van der Waals surface area contributed by atoms with Crippen molar-refractivity contribution in [2.45, 2.75) is 31.7 Å². The van der Waals surface area contributed by atoms with E-state index in [9.17, 15) is 14.4 Å². The summed E-state index contributed by atoms with van der Waals surface area (Å²) in [6.07, 6.45) is 2.08. The van der Waals surface area contributed by atoms with Crippen LogP contribution in [0.4, 0.5) is 0 Å². The molecule has 2 saturated heterocycles. The summed E-state index contributed by atoms with van der Waals surface area (Å²) >= 11 is 0. The molecular weight excluding hydrogens is 236 g/mol. The molecule has 2 fully saturated rings. The number of likely N-dealkylation sites (tertiary alicyclic amines) is 2. The average Bonchev–Trinajstić information content (AvgIpc) is 2.81. The molecule has 6 nitrogen and oxygen atoms in total. The topological polar surface area (TPSA) is 77.9 Å². The Bertz CT molecular complexity index is 382. The molecule has 2 rings (SSSR count). The lowest BCUT2D eigenvalue weighted by molar-refractivity contribution is -0.152. The monoisotopic (exact) mass is 254 g/mol. The third-order valence-corrected chi connectivity index (χ3v) is 3.83. The van der Waals surface area contributed by atoms with Crippen LogP contribution in [0.3, 0.4) is 0 Å². The van der Waals surface area contributed by atoms with Gasteiger partial charge in [-0.05, 0) is 19.3 Å². The van der Waals surface area contributed by atoms with E-state index in [1.54, 1.807) is 11.9 Å². The summed E-state index contributed by atoms with van der Waals surface area (Å²) < 4.78 is 0. The molecule has 100 valence electrons. The van der Waals surface area contributed by atoms with Gasteiger partial charge in [0.05, 0.1) is 0 Å². The summed E-state index contributed by atoms with van der Waals surface area (Å²) in [7, 11) is 1.72. The largest absolute Gasteiger partial charge is 0.480 e. The number of carbonyl (C=O) groups is 3. The minimum atomic E-state index is -0.944. The number of nitrogens with zero attached hydrogens (tertiary/aromatic N) is 2. The van der Waals surface area contributed by atoms with E-state index in [2.05, 4.69) is 0 Å². The Hall–Kier alpha value is -1.59. The molecule has 18 heavy (non-hydrogen) atoms. The Kier molecular flexibility index (Phi) is 3.54. The highest BCUT2D eigenvalue weighted by molar-refractivity contribution is 5.89. The summed E-state index contributed by atoms with van der Waals surface area (Å²) in [6.45, 7) is 1.07. The molecule has 0 bridgehead atoms. The number of hydrogen-bond donors (Lipinski definition) is 1. The highest BCUT2D eigenvalue weighted by Gasteiger charge is 2.39. The molecule has 0 saturated carbocycles. The van der Waals surface area contributed by atoms with Gasteiger partial charge in [-0.25, -0.2) is 4.79 Å². The minimum Gasteiger partial charge on any atom is -0.480 e. The van der Waals surface area contributed by atoms with Crippen molar-refractivity contribution in [3.8, 4) is 0 Å². The van der Waals surface area contributed by atoms with Gasteiger partial charge < -0.3 is 14.9 Å². The Balaban J connectivity index is 2.03. The van der Waals surface area contributed by atoms with Gasteiger partial charge in [-0.3, -0.25) is 9.59 Å². The van der Waals surface area contributed by atoms with E-state index in [1.807, 2.05) is 0 Å². The van der Waals surface area contributed by atoms with E-state index in [-0.39, 0.29) is 24.2 Å². The highest BCUT2D eigenvalue weighted by Crippen LogP contribution is 2.25. The van der Waals surface area contributed by atoms with E-state index in [1.165, 1.54) is 4.90 Å². The van der Waals surface area contributed by atoms with Crippen LogP contribution >= 0.6 is 0 Å². The van der Waals surface area contributed by atoms with Gasteiger partial charge in [0.15, 0.2) is 0 Å². The lowest BCUT2D eigenvalue weighted by Crippen LogP contribution is -2.47. The van der Waals surface area contributed by atoms with Crippen LogP contribution in [-0.2, 0) is 14.4 Å². The first-order valence-corrected chi connectivity index (χ1v) is 6.28. The molecule has 6 heteroatoms. The van der Waals surface area contributed by atoms with Crippen LogP contribution in [-0.4, -0.2) is 58.9 Å². The van der Waals surface area contributed by atoms with Crippen LogP contribution in [0.2, 0.25) is 0 Å². The zero-order chi connectivity index (χ0) is 13.3. The normalized spacial score (nSPS) is 28.6. The van der Waals surface area contributed by atoms with Crippen molar-refractivity contribution in [2.75, 3.05) is 20.1 Å². The Labute approximate surface area is 106 Å². The third kappa shape index (κ3) is 2.32. The Morgan fingerprint density at radius 1 is 1.28 bits per heavy atom. The Morgan fingerprint density at radius 2 is 2.00 bits per heavy atom. The summed E-state index contributed by atoms with van der Waals surface area (Å²) in [5.41, 5.74) is 0. The fourth-order valence-electron chi connectivity index (χ4n) is 2.68. The zero-order valence-corrected chi connectivity index (χ0v) is 10.5. The molecule has 1 unspecified atom stereocenters. The maximum absolute atomic E-state index is 12.3. The molecule has 0 aromatic heterocycles. The number of carboxylic acids is 1. The van der Waals surface area contributed by atoms with E-state index < -0.39 is 12.0 Å². The number of hydrogen-bond acceptors (Lipinski definition) is 3. The molecule has 0 aromatic carbocycles. The van der Waals surface area contributed by atoms with Crippen LogP contribution < -0.4 is 0 Å². The van der Waals surface area contributed by atoms with Crippen LogP contribution in [0, 0.1) is 5.92 Å². The van der Waals surface area contributed by atoms with Crippen LogP contribution in [0.1, 0.15) is 25.7 Å². The van der Waals surface area contributed by atoms with E-state index in [4.69, 9.17) is 5.11 Å². The predicted molar refractivity (Wildman–Crippen MR) is 62.7 cm³/mol. The maximum atomic E-state index is 12.3. The van der Waals surface area contributed by atoms with Crippen molar-refractivity contribution in [1.82, 2.24) is 9.80 Å². The van der Waals surface area contributed by atoms with Crippen LogP contribution in [0.25, 0.3) is 0 Å². The third-order valence-electron chi connectivity index (χ3n) is 3.83. The van der Waals surface area contributed by atoms with Crippen molar-refractivity contribution >= 4 is 17.8 Å². The van der Waals surface area contributed by atoms with Gasteiger partial charge >= 0.3 is 5.97 Å². The average molecular weight is 254 g/mol. The van der Waals surface area contributed by atoms with Gasteiger partial charge in [0.2, 0.25) is 11.8 Å². The van der Waals surface area contributed by atoms with E-state index >= 15 is 0 Å². The number of carbonyl (C=O) groups excluding carboxylic acids is 2. The Morgan fingerprint density at radius 3 is 2.61 bits per heavy atom. The van der Waals surface area contributed by atoms with Gasteiger partial charge in [-0.2, -0.15) is 0 Å². The van der Waals surface area contributed by atoms with E-state index in [0.29, 0.717) is 25.9 Å². The number of carboxylic acid groups (broad SMARTS) is 1. The second-order valence-corrected chi connectivity index (χ2v) is 5.03. The summed E-state index contributed by atoms with van der Waals surface area (Å²) in [6, 6.07) is -0.702. The molecule has 0 spiro atoms. The molecule has 2 heterocycles. The number of piperidine rings is 1. The van der Waals surface area contributed by atoms with Crippen LogP contribution in [0.15, 0.2) is 0 Å². The molecule has 0 aromatic rings. The molecule has 0 aliphatic carbocycles. The van der Waals surface area contributed by atoms with Gasteiger partial charge in [-0.15, -0.1) is 0 Å². The zero-order valence-electron chi connectivity index (χ0n) is 10.5. The van der Waals surface area contributed by atoms with Crippen LogP contribution in [0.5, 0.6) is 0 Å². The molecule has 2 aliphatic heterocycles. The second-order valence-electron chi connectivity index (χ2n) is 5.03.